The Bertz CT molecular complexity index is 703. The Labute approximate surface area is 142 Å². The van der Waals surface area contributed by atoms with Gasteiger partial charge < -0.3 is 15.4 Å². The number of para-hydroxylation sites is 1. The molecular weight excluding hydrogens is 304 g/mol. The third kappa shape index (κ3) is 4.68. The van der Waals surface area contributed by atoms with Gasteiger partial charge in [-0.1, -0.05) is 25.1 Å². The number of carbonyl (C=O) groups excluding carboxylic acids is 1. The zero-order chi connectivity index (χ0) is 17.5. The minimum absolute atomic E-state index is 0.237. The second kappa shape index (κ2) is 8.29. The number of hydrogen-bond acceptors (Lipinski definition) is 5. The van der Waals surface area contributed by atoms with Crippen molar-refractivity contribution in [3.8, 4) is 5.75 Å². The van der Waals surface area contributed by atoms with Gasteiger partial charge in [0.15, 0.2) is 0 Å². The van der Waals surface area contributed by atoms with Crippen LogP contribution < -0.4 is 15.4 Å². The van der Waals surface area contributed by atoms with Crippen molar-refractivity contribution in [3.63, 3.8) is 0 Å². The Morgan fingerprint density at radius 1 is 1.29 bits per heavy atom. The second-order valence-corrected chi connectivity index (χ2v) is 5.63. The van der Waals surface area contributed by atoms with E-state index in [4.69, 9.17) is 4.74 Å². The fraction of sp³-hybridized carbons (Fsp3) is 0.389. The fourth-order valence-corrected chi connectivity index (χ4v) is 2.23. The van der Waals surface area contributed by atoms with Crippen LogP contribution in [0.15, 0.2) is 30.3 Å². The van der Waals surface area contributed by atoms with E-state index in [2.05, 4.69) is 34.4 Å². The summed E-state index contributed by atoms with van der Waals surface area (Å²) >= 11 is 0. The molecule has 2 rings (SSSR count). The highest BCUT2D eigenvalue weighted by Gasteiger charge is 2.12. The highest BCUT2D eigenvalue weighted by atomic mass is 16.5. The first-order chi connectivity index (χ1) is 11.5. The number of nitrogens with one attached hydrogen (secondary N) is 2. The molecule has 1 aromatic heterocycles. The number of nitrogens with zero attached hydrogens (tertiary/aromatic N) is 2. The molecule has 24 heavy (non-hydrogen) atoms. The van der Waals surface area contributed by atoms with Gasteiger partial charge in [-0.2, -0.15) is 0 Å². The number of anilines is 1. The number of aryl methyl sites for hydroxylation is 1. The zero-order valence-corrected chi connectivity index (χ0v) is 14.6. The first kappa shape index (κ1) is 17.7. The average molecular weight is 328 g/mol. The van der Waals surface area contributed by atoms with Crippen molar-refractivity contribution < 1.29 is 9.53 Å². The van der Waals surface area contributed by atoms with E-state index < -0.39 is 0 Å². The van der Waals surface area contributed by atoms with Gasteiger partial charge in [-0.15, -0.1) is 0 Å². The molecule has 2 N–H and O–H groups in total. The minimum Gasteiger partial charge on any atom is -0.496 e. The smallest absolute Gasteiger partial charge is 0.270 e. The first-order valence-electron chi connectivity index (χ1n) is 8.05. The highest BCUT2D eigenvalue weighted by molar-refractivity contribution is 5.92. The van der Waals surface area contributed by atoms with Crippen LogP contribution in [0.1, 0.15) is 42.1 Å². The Hall–Kier alpha value is -2.63. The van der Waals surface area contributed by atoms with Crippen LogP contribution in [-0.4, -0.2) is 29.0 Å². The number of amides is 1. The summed E-state index contributed by atoms with van der Waals surface area (Å²) in [7, 11) is 1.61. The quantitative estimate of drug-likeness (QED) is 0.817. The van der Waals surface area contributed by atoms with Crippen LogP contribution in [0.25, 0.3) is 0 Å². The standard InChI is InChI=1S/C18H24N4O2/c1-5-12(2)20-17-10-15(21-13(3)22-17)18(23)19-11-14-8-6-7-9-16(14)24-4/h6-10,12H,5,11H2,1-4H3,(H,19,23)(H,20,21,22). The minimum atomic E-state index is -0.237. The van der Waals surface area contributed by atoms with Crippen molar-refractivity contribution in [2.45, 2.75) is 39.8 Å². The summed E-state index contributed by atoms with van der Waals surface area (Å²) in [5, 5.41) is 6.14. The van der Waals surface area contributed by atoms with E-state index in [1.165, 1.54) is 0 Å². The Morgan fingerprint density at radius 3 is 2.75 bits per heavy atom. The molecule has 0 aliphatic heterocycles. The van der Waals surface area contributed by atoms with E-state index in [0.717, 1.165) is 17.7 Å². The van der Waals surface area contributed by atoms with Crippen molar-refractivity contribution in [3.05, 3.63) is 47.4 Å². The summed E-state index contributed by atoms with van der Waals surface area (Å²) in [6.07, 6.45) is 0.971. The molecule has 1 amide bonds. The van der Waals surface area contributed by atoms with Crippen molar-refractivity contribution in [2.75, 3.05) is 12.4 Å². The predicted molar refractivity (Wildman–Crippen MR) is 94.3 cm³/mol. The molecule has 0 saturated carbocycles. The van der Waals surface area contributed by atoms with E-state index in [0.29, 0.717) is 23.9 Å². The second-order valence-electron chi connectivity index (χ2n) is 5.63. The lowest BCUT2D eigenvalue weighted by molar-refractivity contribution is 0.0945. The summed E-state index contributed by atoms with van der Waals surface area (Å²) in [6, 6.07) is 9.54. The fourth-order valence-electron chi connectivity index (χ4n) is 2.23. The van der Waals surface area contributed by atoms with Crippen molar-refractivity contribution in [1.82, 2.24) is 15.3 Å². The van der Waals surface area contributed by atoms with Crippen LogP contribution in [0.2, 0.25) is 0 Å². The van der Waals surface area contributed by atoms with Crippen LogP contribution in [0.3, 0.4) is 0 Å². The summed E-state index contributed by atoms with van der Waals surface area (Å²) < 4.78 is 5.29. The van der Waals surface area contributed by atoms with Gasteiger partial charge in [0, 0.05) is 24.2 Å². The maximum Gasteiger partial charge on any atom is 0.270 e. The molecule has 128 valence electrons. The van der Waals surface area contributed by atoms with Gasteiger partial charge in [0.2, 0.25) is 0 Å². The SMILES string of the molecule is CCC(C)Nc1cc(C(=O)NCc2ccccc2OC)nc(C)n1. The van der Waals surface area contributed by atoms with Gasteiger partial charge in [0.1, 0.15) is 23.1 Å². The summed E-state index contributed by atoms with van der Waals surface area (Å²) in [6.45, 7) is 6.31. The molecule has 1 aromatic carbocycles. The van der Waals surface area contributed by atoms with Crippen LogP contribution in [-0.2, 0) is 6.54 Å². The highest BCUT2D eigenvalue weighted by Crippen LogP contribution is 2.17. The van der Waals surface area contributed by atoms with E-state index in [-0.39, 0.29) is 11.9 Å². The molecule has 0 aliphatic carbocycles. The number of aromatic nitrogens is 2. The Balaban J connectivity index is 2.09. The first-order valence-corrected chi connectivity index (χ1v) is 8.05. The molecule has 1 heterocycles. The lowest BCUT2D eigenvalue weighted by atomic mass is 10.2. The maximum atomic E-state index is 12.4. The van der Waals surface area contributed by atoms with Crippen molar-refractivity contribution >= 4 is 11.7 Å². The molecule has 0 spiro atoms. The molecule has 0 aliphatic rings. The lowest BCUT2D eigenvalue weighted by Gasteiger charge is -2.13. The summed E-state index contributed by atoms with van der Waals surface area (Å²) in [5.41, 5.74) is 1.26. The average Bonchev–Trinajstić information content (AvgIpc) is 2.59. The molecule has 0 fully saturated rings. The van der Waals surface area contributed by atoms with Crippen LogP contribution in [0.5, 0.6) is 5.75 Å². The number of ether oxygens (including phenoxy) is 1. The predicted octanol–water partition coefficient (Wildman–Crippen LogP) is 2.93. The third-order valence-electron chi connectivity index (χ3n) is 3.71. The molecular formula is C18H24N4O2. The summed E-state index contributed by atoms with van der Waals surface area (Å²) in [5.74, 6) is 1.74. The van der Waals surface area contributed by atoms with E-state index in [1.54, 1.807) is 20.1 Å². The number of rotatable bonds is 7. The van der Waals surface area contributed by atoms with Gasteiger partial charge in [-0.25, -0.2) is 9.97 Å². The molecule has 0 radical (unpaired) electrons. The zero-order valence-electron chi connectivity index (χ0n) is 14.6. The van der Waals surface area contributed by atoms with Crippen molar-refractivity contribution in [2.24, 2.45) is 0 Å². The molecule has 1 atom stereocenters. The largest absolute Gasteiger partial charge is 0.496 e. The van der Waals surface area contributed by atoms with Gasteiger partial charge in [0.25, 0.3) is 5.91 Å². The van der Waals surface area contributed by atoms with Gasteiger partial charge in [0.05, 0.1) is 7.11 Å². The third-order valence-corrected chi connectivity index (χ3v) is 3.71. The van der Waals surface area contributed by atoms with E-state index in [9.17, 15) is 4.79 Å². The number of hydrogen-bond donors (Lipinski definition) is 2. The van der Waals surface area contributed by atoms with Crippen LogP contribution >= 0.6 is 0 Å². The van der Waals surface area contributed by atoms with Gasteiger partial charge in [-0.05, 0) is 26.3 Å². The van der Waals surface area contributed by atoms with Crippen molar-refractivity contribution in [1.29, 1.82) is 0 Å². The van der Waals surface area contributed by atoms with E-state index >= 15 is 0 Å². The molecule has 1 unspecified atom stereocenters. The summed E-state index contributed by atoms with van der Waals surface area (Å²) in [4.78, 5) is 21.0. The monoisotopic (exact) mass is 328 g/mol. The lowest BCUT2D eigenvalue weighted by Crippen LogP contribution is -2.25. The number of carbonyl (C=O) groups is 1. The number of benzene rings is 1. The van der Waals surface area contributed by atoms with Crippen LogP contribution in [0.4, 0.5) is 5.82 Å². The normalized spacial score (nSPS) is 11.7. The van der Waals surface area contributed by atoms with Crippen LogP contribution in [0, 0.1) is 6.92 Å². The molecule has 6 heteroatoms. The van der Waals surface area contributed by atoms with Gasteiger partial charge in [-0.3, -0.25) is 4.79 Å². The molecule has 2 aromatic rings. The molecule has 6 nitrogen and oxygen atoms in total. The Kier molecular flexibility index (Phi) is 6.12. The maximum absolute atomic E-state index is 12.4. The number of methoxy groups -OCH3 is 1. The molecule has 0 bridgehead atoms. The topological polar surface area (TPSA) is 76.1 Å². The van der Waals surface area contributed by atoms with E-state index in [1.807, 2.05) is 24.3 Å². The Morgan fingerprint density at radius 2 is 2.04 bits per heavy atom. The molecule has 0 saturated heterocycles. The van der Waals surface area contributed by atoms with Gasteiger partial charge >= 0.3 is 0 Å².